The van der Waals surface area contributed by atoms with Crippen LogP contribution < -0.4 is 0 Å². The summed E-state index contributed by atoms with van der Waals surface area (Å²) in [6, 6.07) is 3.70. The molecule has 0 bridgehead atoms. The number of pyridine rings is 1. The van der Waals surface area contributed by atoms with Gasteiger partial charge < -0.3 is 9.26 Å². The molecule has 6 heteroatoms. The molecule has 6 nitrogen and oxygen atoms in total. The van der Waals surface area contributed by atoms with Crippen LogP contribution in [0.1, 0.15) is 90.4 Å². The molecule has 0 N–H and O–H groups in total. The van der Waals surface area contributed by atoms with Gasteiger partial charge >= 0.3 is 5.97 Å². The molecular formula is C23H33N3O3. The number of carbonyl (C=O) groups is 1. The van der Waals surface area contributed by atoms with Crippen molar-refractivity contribution in [1.82, 2.24) is 15.1 Å². The SMILES string of the molecule is CC(C)(C)OC(=O)C[C@H](CCCC1CCCCC1)c1nc(-c2ccncc2)no1. The van der Waals surface area contributed by atoms with Crippen molar-refractivity contribution in [3.8, 4) is 11.4 Å². The second kappa shape index (κ2) is 9.99. The molecule has 0 spiro atoms. The van der Waals surface area contributed by atoms with Crippen LogP contribution in [0.5, 0.6) is 0 Å². The molecule has 0 radical (unpaired) electrons. The zero-order chi connectivity index (χ0) is 20.7. The highest BCUT2D eigenvalue weighted by molar-refractivity contribution is 5.70. The molecule has 0 aromatic carbocycles. The highest BCUT2D eigenvalue weighted by Gasteiger charge is 2.26. The molecule has 0 aliphatic heterocycles. The van der Waals surface area contributed by atoms with E-state index in [1.54, 1.807) is 12.4 Å². The van der Waals surface area contributed by atoms with Gasteiger partial charge in [0, 0.05) is 23.9 Å². The van der Waals surface area contributed by atoms with Crippen molar-refractivity contribution in [2.45, 2.75) is 90.1 Å². The molecular weight excluding hydrogens is 366 g/mol. The predicted molar refractivity (Wildman–Crippen MR) is 111 cm³/mol. The van der Waals surface area contributed by atoms with Gasteiger partial charge in [-0.3, -0.25) is 9.78 Å². The van der Waals surface area contributed by atoms with Gasteiger partial charge in [-0.1, -0.05) is 50.1 Å². The van der Waals surface area contributed by atoms with Crippen molar-refractivity contribution >= 4 is 5.97 Å². The summed E-state index contributed by atoms with van der Waals surface area (Å²) < 4.78 is 11.1. The molecule has 1 aliphatic rings. The summed E-state index contributed by atoms with van der Waals surface area (Å²) in [5, 5.41) is 4.12. The second-order valence-electron chi connectivity index (χ2n) is 9.11. The number of nitrogens with zero attached hydrogens (tertiary/aromatic N) is 3. The maximum absolute atomic E-state index is 12.5. The summed E-state index contributed by atoms with van der Waals surface area (Å²) in [4.78, 5) is 21.1. The lowest BCUT2D eigenvalue weighted by atomic mass is 9.84. The first-order chi connectivity index (χ1) is 13.9. The van der Waals surface area contributed by atoms with Crippen LogP contribution in [0, 0.1) is 5.92 Å². The molecule has 2 aromatic heterocycles. The highest BCUT2D eigenvalue weighted by Crippen LogP contribution is 2.32. The van der Waals surface area contributed by atoms with Crippen LogP contribution in [0.3, 0.4) is 0 Å². The van der Waals surface area contributed by atoms with Crippen molar-refractivity contribution in [3.63, 3.8) is 0 Å². The van der Waals surface area contributed by atoms with E-state index in [9.17, 15) is 4.79 Å². The number of hydrogen-bond donors (Lipinski definition) is 0. The summed E-state index contributed by atoms with van der Waals surface area (Å²) in [5.74, 6) is 1.54. The Hall–Kier alpha value is -2.24. The number of hydrogen-bond acceptors (Lipinski definition) is 6. The third-order valence-electron chi connectivity index (χ3n) is 5.45. The first kappa shape index (κ1) is 21.5. The fourth-order valence-electron chi connectivity index (χ4n) is 4.05. The van der Waals surface area contributed by atoms with Crippen molar-refractivity contribution in [1.29, 1.82) is 0 Å². The first-order valence-corrected chi connectivity index (χ1v) is 10.9. The number of esters is 1. The molecule has 1 aliphatic carbocycles. The Labute approximate surface area is 173 Å². The summed E-state index contributed by atoms with van der Waals surface area (Å²) in [5.41, 5.74) is 0.356. The van der Waals surface area contributed by atoms with Crippen LogP contribution in [0.4, 0.5) is 0 Å². The van der Waals surface area contributed by atoms with Gasteiger partial charge in [0.25, 0.3) is 0 Å². The van der Waals surface area contributed by atoms with Crippen LogP contribution in [-0.4, -0.2) is 26.7 Å². The molecule has 29 heavy (non-hydrogen) atoms. The molecule has 0 amide bonds. The van der Waals surface area contributed by atoms with E-state index in [4.69, 9.17) is 9.26 Å². The molecule has 1 atom stereocenters. The minimum Gasteiger partial charge on any atom is -0.460 e. The van der Waals surface area contributed by atoms with Gasteiger partial charge in [0.05, 0.1) is 6.42 Å². The maximum Gasteiger partial charge on any atom is 0.307 e. The predicted octanol–water partition coefficient (Wildman–Crippen LogP) is 5.70. The monoisotopic (exact) mass is 399 g/mol. The van der Waals surface area contributed by atoms with Crippen molar-refractivity contribution < 1.29 is 14.1 Å². The van der Waals surface area contributed by atoms with Crippen molar-refractivity contribution in [2.24, 2.45) is 5.92 Å². The Morgan fingerprint density at radius 2 is 1.93 bits per heavy atom. The van der Waals surface area contributed by atoms with Gasteiger partial charge in [0.2, 0.25) is 11.7 Å². The zero-order valence-electron chi connectivity index (χ0n) is 17.9. The Bertz CT molecular complexity index is 761. The summed E-state index contributed by atoms with van der Waals surface area (Å²) >= 11 is 0. The molecule has 1 saturated carbocycles. The fraction of sp³-hybridized carbons (Fsp3) is 0.652. The lowest BCUT2D eigenvalue weighted by Gasteiger charge is -2.23. The van der Waals surface area contributed by atoms with Gasteiger partial charge in [-0.05, 0) is 45.2 Å². The maximum atomic E-state index is 12.5. The van der Waals surface area contributed by atoms with Gasteiger partial charge in [-0.25, -0.2) is 0 Å². The number of aromatic nitrogens is 3. The van der Waals surface area contributed by atoms with Gasteiger partial charge in [0.1, 0.15) is 5.60 Å². The number of rotatable bonds is 8. The normalized spacial score (nSPS) is 16.5. The van der Waals surface area contributed by atoms with E-state index in [-0.39, 0.29) is 18.3 Å². The van der Waals surface area contributed by atoms with E-state index in [1.165, 1.54) is 38.5 Å². The van der Waals surface area contributed by atoms with E-state index >= 15 is 0 Å². The lowest BCUT2D eigenvalue weighted by molar-refractivity contribution is -0.155. The second-order valence-corrected chi connectivity index (χ2v) is 9.11. The van der Waals surface area contributed by atoms with E-state index in [0.717, 1.165) is 24.3 Å². The largest absolute Gasteiger partial charge is 0.460 e. The topological polar surface area (TPSA) is 78.1 Å². The van der Waals surface area contributed by atoms with Gasteiger partial charge in [0.15, 0.2) is 0 Å². The van der Waals surface area contributed by atoms with Crippen molar-refractivity contribution in [2.75, 3.05) is 0 Å². The molecule has 0 unspecified atom stereocenters. The van der Waals surface area contributed by atoms with E-state index in [2.05, 4.69) is 15.1 Å². The Morgan fingerprint density at radius 3 is 2.62 bits per heavy atom. The lowest BCUT2D eigenvalue weighted by Crippen LogP contribution is -2.25. The van der Waals surface area contributed by atoms with Gasteiger partial charge in [-0.2, -0.15) is 4.98 Å². The van der Waals surface area contributed by atoms with Crippen LogP contribution in [0.15, 0.2) is 29.0 Å². The molecule has 2 heterocycles. The third-order valence-corrected chi connectivity index (χ3v) is 5.45. The highest BCUT2D eigenvalue weighted by atomic mass is 16.6. The average Bonchev–Trinajstić information content (AvgIpc) is 3.17. The zero-order valence-corrected chi connectivity index (χ0v) is 17.9. The van der Waals surface area contributed by atoms with Gasteiger partial charge in [-0.15, -0.1) is 0 Å². The third kappa shape index (κ3) is 6.94. The van der Waals surface area contributed by atoms with E-state index < -0.39 is 5.60 Å². The van der Waals surface area contributed by atoms with Crippen molar-refractivity contribution in [3.05, 3.63) is 30.4 Å². The first-order valence-electron chi connectivity index (χ1n) is 10.9. The average molecular weight is 400 g/mol. The Morgan fingerprint density at radius 1 is 1.21 bits per heavy atom. The summed E-state index contributed by atoms with van der Waals surface area (Å²) in [6.45, 7) is 5.66. The molecule has 1 fully saturated rings. The molecule has 2 aromatic rings. The summed E-state index contributed by atoms with van der Waals surface area (Å²) in [7, 11) is 0. The van der Waals surface area contributed by atoms with E-state index in [0.29, 0.717) is 11.7 Å². The van der Waals surface area contributed by atoms with Crippen LogP contribution in [0.2, 0.25) is 0 Å². The Balaban J connectivity index is 1.66. The minimum atomic E-state index is -0.499. The van der Waals surface area contributed by atoms with Crippen LogP contribution in [-0.2, 0) is 9.53 Å². The molecule has 0 saturated heterocycles. The minimum absolute atomic E-state index is 0.114. The fourth-order valence-corrected chi connectivity index (χ4v) is 4.05. The molecule has 3 rings (SSSR count). The van der Waals surface area contributed by atoms with Crippen LogP contribution in [0.25, 0.3) is 11.4 Å². The number of carbonyl (C=O) groups excluding carboxylic acids is 1. The van der Waals surface area contributed by atoms with E-state index in [1.807, 2.05) is 32.9 Å². The quantitative estimate of drug-likeness (QED) is 0.530. The molecule has 158 valence electrons. The summed E-state index contributed by atoms with van der Waals surface area (Å²) in [6.07, 6.45) is 13.5. The Kier molecular flexibility index (Phi) is 7.40. The number of ether oxygens (including phenoxy) is 1. The smallest absolute Gasteiger partial charge is 0.307 e. The van der Waals surface area contributed by atoms with Crippen LogP contribution >= 0.6 is 0 Å². The standard InChI is InChI=1S/C23H33N3O3/c1-23(2,3)28-20(27)16-19(11-7-10-17-8-5-4-6-9-17)22-25-21(26-29-22)18-12-14-24-15-13-18/h12-15,17,19H,4-11,16H2,1-3H3/t19-/m0/s1.